The van der Waals surface area contributed by atoms with E-state index in [0.717, 1.165) is 30.9 Å². The molecule has 0 aliphatic carbocycles. The molecular weight excluding hydrogens is 427 g/mol. The predicted molar refractivity (Wildman–Crippen MR) is 121 cm³/mol. The highest BCUT2D eigenvalue weighted by Crippen LogP contribution is 2.37. The fraction of sp³-hybridized carbons (Fsp3) is 0.217. The molecule has 0 aromatic heterocycles. The smallest absolute Gasteiger partial charge is 0.120 e. The van der Waals surface area contributed by atoms with Crippen LogP contribution in [0, 0.1) is 0 Å². The average Bonchev–Trinajstić information content (AvgIpc) is 2.71. The molecule has 1 N–H and O–H groups in total. The molecule has 0 saturated carbocycles. The molecule has 1 heterocycles. The van der Waals surface area contributed by atoms with Crippen LogP contribution in [0.15, 0.2) is 66.7 Å². The van der Waals surface area contributed by atoms with Gasteiger partial charge in [-0.15, -0.1) is 0 Å². The molecule has 1 atom stereocenters. The van der Waals surface area contributed by atoms with Gasteiger partial charge in [-0.3, -0.25) is 4.90 Å². The Kier molecular flexibility index (Phi) is 6.21. The Morgan fingerprint density at radius 2 is 1.59 bits per heavy atom. The highest BCUT2D eigenvalue weighted by Gasteiger charge is 2.30. The van der Waals surface area contributed by atoms with Crippen LogP contribution in [0.3, 0.4) is 0 Å². The summed E-state index contributed by atoms with van der Waals surface area (Å²) in [5, 5.41) is 12.1. The fourth-order valence-electron chi connectivity index (χ4n) is 3.84. The van der Waals surface area contributed by atoms with Crippen LogP contribution in [0.4, 0.5) is 5.69 Å². The van der Waals surface area contributed by atoms with Gasteiger partial charge in [0.2, 0.25) is 0 Å². The molecule has 4 rings (SSSR count). The van der Waals surface area contributed by atoms with Crippen LogP contribution in [-0.2, 0) is 6.54 Å². The third-order valence-electron chi connectivity index (χ3n) is 5.32. The molecule has 6 heteroatoms. The minimum atomic E-state index is 0.102. The van der Waals surface area contributed by atoms with Crippen molar-refractivity contribution in [1.29, 1.82) is 0 Å². The average molecular weight is 448 g/mol. The van der Waals surface area contributed by atoms with Crippen LogP contribution in [-0.4, -0.2) is 29.6 Å². The van der Waals surface area contributed by atoms with E-state index in [9.17, 15) is 5.11 Å². The maximum Gasteiger partial charge on any atom is 0.120 e. The topological polar surface area (TPSA) is 26.7 Å². The summed E-state index contributed by atoms with van der Waals surface area (Å²) in [6.07, 6.45) is 0. The molecule has 1 saturated heterocycles. The van der Waals surface area contributed by atoms with Crippen molar-refractivity contribution in [3.05, 3.63) is 92.9 Å². The van der Waals surface area contributed by atoms with Gasteiger partial charge in [0.05, 0.1) is 16.8 Å². The Bertz CT molecular complexity index is 994. The molecule has 0 radical (unpaired) electrons. The van der Waals surface area contributed by atoms with Gasteiger partial charge in [0, 0.05) is 41.8 Å². The van der Waals surface area contributed by atoms with Gasteiger partial charge in [0.15, 0.2) is 0 Å². The van der Waals surface area contributed by atoms with Crippen LogP contribution >= 0.6 is 34.8 Å². The van der Waals surface area contributed by atoms with E-state index in [2.05, 4.69) is 21.9 Å². The summed E-state index contributed by atoms with van der Waals surface area (Å²) >= 11 is 18.8. The van der Waals surface area contributed by atoms with E-state index in [1.165, 1.54) is 5.56 Å². The van der Waals surface area contributed by atoms with Gasteiger partial charge in [0.25, 0.3) is 0 Å². The fourth-order valence-corrected chi connectivity index (χ4v) is 4.48. The molecule has 0 bridgehead atoms. The van der Waals surface area contributed by atoms with Gasteiger partial charge in [-0.1, -0.05) is 65.1 Å². The molecule has 150 valence electrons. The number of para-hydroxylation sites is 1. The number of nitrogens with zero attached hydrogens (tertiary/aromatic N) is 2. The molecule has 3 aromatic rings. The molecule has 3 nitrogen and oxygen atoms in total. The maximum absolute atomic E-state index is 10.2. The molecule has 1 unspecified atom stereocenters. The zero-order valence-corrected chi connectivity index (χ0v) is 18.0. The molecule has 1 aliphatic rings. The minimum Gasteiger partial charge on any atom is -0.508 e. The molecule has 0 amide bonds. The molecule has 3 aromatic carbocycles. The molecule has 1 fully saturated rings. The quantitative estimate of drug-likeness (QED) is 0.500. The first-order valence-corrected chi connectivity index (χ1v) is 10.6. The monoisotopic (exact) mass is 446 g/mol. The second-order valence-electron chi connectivity index (χ2n) is 7.22. The van der Waals surface area contributed by atoms with Gasteiger partial charge in [-0.2, -0.15) is 0 Å². The van der Waals surface area contributed by atoms with Crippen LogP contribution in [0.25, 0.3) is 0 Å². The van der Waals surface area contributed by atoms with E-state index < -0.39 is 0 Å². The Morgan fingerprint density at radius 1 is 0.862 bits per heavy atom. The Balaban J connectivity index is 1.64. The summed E-state index contributed by atoms with van der Waals surface area (Å²) in [5.74, 6) is 0.332. The predicted octanol–water partition coefficient (Wildman–Crippen LogP) is 6.42. The zero-order valence-electron chi connectivity index (χ0n) is 15.7. The third kappa shape index (κ3) is 4.65. The highest BCUT2D eigenvalue weighted by atomic mass is 35.5. The number of rotatable bonds is 4. The SMILES string of the molecule is Oc1ccccc1CN1CCN(c2ccc(Cl)cc2Cl)C(c2ccc(Cl)cc2)C1. The van der Waals surface area contributed by atoms with Gasteiger partial charge in [-0.05, 0) is 42.0 Å². The molecule has 1 aliphatic heterocycles. The second-order valence-corrected chi connectivity index (χ2v) is 8.50. The number of piperazine rings is 1. The zero-order chi connectivity index (χ0) is 20.4. The van der Waals surface area contributed by atoms with E-state index in [-0.39, 0.29) is 6.04 Å². The number of halogens is 3. The van der Waals surface area contributed by atoms with Crippen molar-refractivity contribution in [3.63, 3.8) is 0 Å². The second kappa shape index (κ2) is 8.85. The number of phenols is 1. The standard InChI is InChI=1S/C23H21Cl3N2O/c24-18-7-5-16(6-8-18)22-15-27(14-17-3-1-2-4-23(17)29)11-12-28(22)21-10-9-19(25)13-20(21)26/h1-10,13,22,29H,11-12,14-15H2. The van der Waals surface area contributed by atoms with E-state index in [1.807, 2.05) is 42.5 Å². The summed E-state index contributed by atoms with van der Waals surface area (Å²) in [4.78, 5) is 4.68. The molecule has 29 heavy (non-hydrogen) atoms. The summed E-state index contributed by atoms with van der Waals surface area (Å²) < 4.78 is 0. The van der Waals surface area contributed by atoms with Crippen molar-refractivity contribution in [3.8, 4) is 5.75 Å². The lowest BCUT2D eigenvalue weighted by atomic mass is 10.0. The van der Waals surface area contributed by atoms with Crippen LogP contribution in [0.2, 0.25) is 15.1 Å². The summed E-state index contributed by atoms with van der Waals surface area (Å²) in [5.41, 5.74) is 3.07. The Morgan fingerprint density at radius 3 is 2.31 bits per heavy atom. The van der Waals surface area contributed by atoms with Gasteiger partial charge in [0.1, 0.15) is 5.75 Å². The van der Waals surface area contributed by atoms with Crippen molar-refractivity contribution in [2.45, 2.75) is 12.6 Å². The van der Waals surface area contributed by atoms with Gasteiger partial charge < -0.3 is 10.0 Å². The highest BCUT2D eigenvalue weighted by molar-refractivity contribution is 6.36. The van der Waals surface area contributed by atoms with Gasteiger partial charge in [-0.25, -0.2) is 0 Å². The number of hydrogen-bond donors (Lipinski definition) is 1. The largest absolute Gasteiger partial charge is 0.508 e. The Hall–Kier alpha value is -1.91. The van der Waals surface area contributed by atoms with E-state index in [1.54, 1.807) is 12.1 Å². The number of benzene rings is 3. The lowest BCUT2D eigenvalue weighted by molar-refractivity contribution is 0.213. The lowest BCUT2D eigenvalue weighted by Crippen LogP contribution is -2.48. The van der Waals surface area contributed by atoms with E-state index in [0.29, 0.717) is 27.4 Å². The number of anilines is 1. The van der Waals surface area contributed by atoms with Crippen molar-refractivity contribution in [1.82, 2.24) is 4.90 Å². The number of aromatic hydroxyl groups is 1. The maximum atomic E-state index is 10.2. The number of hydrogen-bond acceptors (Lipinski definition) is 3. The van der Waals surface area contributed by atoms with E-state index in [4.69, 9.17) is 34.8 Å². The first-order chi connectivity index (χ1) is 14.0. The minimum absolute atomic E-state index is 0.102. The molecular formula is C23H21Cl3N2O. The van der Waals surface area contributed by atoms with Crippen molar-refractivity contribution in [2.75, 3.05) is 24.5 Å². The van der Waals surface area contributed by atoms with Crippen molar-refractivity contribution < 1.29 is 5.11 Å². The summed E-state index contributed by atoms with van der Waals surface area (Å²) in [6, 6.07) is 21.2. The van der Waals surface area contributed by atoms with Crippen LogP contribution < -0.4 is 4.90 Å². The van der Waals surface area contributed by atoms with Crippen molar-refractivity contribution in [2.24, 2.45) is 0 Å². The first-order valence-electron chi connectivity index (χ1n) is 9.47. The van der Waals surface area contributed by atoms with E-state index >= 15 is 0 Å². The normalized spacial score (nSPS) is 17.5. The number of phenolic OH excluding ortho intramolecular Hbond substituents is 1. The lowest BCUT2D eigenvalue weighted by Gasteiger charge is -2.43. The first kappa shape index (κ1) is 20.4. The third-order valence-corrected chi connectivity index (χ3v) is 6.11. The van der Waals surface area contributed by atoms with Crippen molar-refractivity contribution >= 4 is 40.5 Å². The molecule has 0 spiro atoms. The summed E-state index contributed by atoms with van der Waals surface area (Å²) in [6.45, 7) is 3.16. The van der Waals surface area contributed by atoms with Gasteiger partial charge >= 0.3 is 0 Å². The van der Waals surface area contributed by atoms with Crippen LogP contribution in [0.1, 0.15) is 17.2 Å². The Labute approximate surface area is 186 Å². The van der Waals surface area contributed by atoms with Crippen LogP contribution in [0.5, 0.6) is 5.75 Å². The summed E-state index contributed by atoms with van der Waals surface area (Å²) in [7, 11) is 0.